The normalized spacial score (nSPS) is 12.3. The van der Waals surface area contributed by atoms with Gasteiger partial charge in [-0.05, 0) is 46.5 Å². The van der Waals surface area contributed by atoms with E-state index in [9.17, 15) is 14.3 Å². The lowest BCUT2D eigenvalue weighted by atomic mass is 10.1. The fraction of sp³-hybridized carbons (Fsp3) is 0.500. The van der Waals surface area contributed by atoms with Crippen LogP contribution in [-0.2, 0) is 4.79 Å². The van der Waals surface area contributed by atoms with E-state index < -0.39 is 6.10 Å². The summed E-state index contributed by atoms with van der Waals surface area (Å²) in [7, 11) is 0. The van der Waals surface area contributed by atoms with Crippen LogP contribution in [0.15, 0.2) is 22.7 Å². The van der Waals surface area contributed by atoms with Crippen LogP contribution in [0.2, 0.25) is 0 Å². The summed E-state index contributed by atoms with van der Waals surface area (Å²) in [5, 5.41) is 12.2. The van der Waals surface area contributed by atoms with Crippen molar-refractivity contribution >= 4 is 21.8 Å². The van der Waals surface area contributed by atoms with Gasteiger partial charge in [-0.15, -0.1) is 0 Å². The summed E-state index contributed by atoms with van der Waals surface area (Å²) < 4.78 is 18.6. The summed E-state index contributed by atoms with van der Waals surface area (Å²) in [5.41, 5.74) is 0. The average molecular weight is 348 g/mol. The predicted molar refractivity (Wildman–Crippen MR) is 78.1 cm³/mol. The largest absolute Gasteiger partial charge is 0.483 e. The molecule has 0 aromatic heterocycles. The first-order chi connectivity index (χ1) is 9.38. The molecule has 4 nitrogen and oxygen atoms in total. The van der Waals surface area contributed by atoms with E-state index >= 15 is 0 Å². The minimum Gasteiger partial charge on any atom is -0.483 e. The van der Waals surface area contributed by atoms with E-state index in [1.54, 1.807) is 0 Å². The second-order valence-electron chi connectivity index (χ2n) is 4.95. The van der Waals surface area contributed by atoms with Gasteiger partial charge in [-0.25, -0.2) is 4.39 Å². The third kappa shape index (κ3) is 6.34. The van der Waals surface area contributed by atoms with Crippen LogP contribution in [0.4, 0.5) is 4.39 Å². The van der Waals surface area contributed by atoms with Crippen LogP contribution in [-0.4, -0.2) is 30.3 Å². The first kappa shape index (κ1) is 16.9. The van der Waals surface area contributed by atoms with Gasteiger partial charge in [0.25, 0.3) is 5.91 Å². The molecule has 1 atom stereocenters. The van der Waals surface area contributed by atoms with E-state index in [0.29, 0.717) is 22.6 Å². The second-order valence-corrected chi connectivity index (χ2v) is 5.81. The Morgan fingerprint density at radius 3 is 2.80 bits per heavy atom. The lowest BCUT2D eigenvalue weighted by molar-refractivity contribution is -0.123. The van der Waals surface area contributed by atoms with E-state index in [1.165, 1.54) is 18.2 Å². The van der Waals surface area contributed by atoms with Crippen molar-refractivity contribution in [2.24, 2.45) is 5.92 Å². The topological polar surface area (TPSA) is 58.6 Å². The molecule has 6 heteroatoms. The highest BCUT2D eigenvalue weighted by Gasteiger charge is 2.10. The highest BCUT2D eigenvalue weighted by molar-refractivity contribution is 9.10. The fourth-order valence-corrected chi connectivity index (χ4v) is 2.11. The number of hydrogen-bond acceptors (Lipinski definition) is 3. The maximum absolute atomic E-state index is 12.9. The van der Waals surface area contributed by atoms with Crippen molar-refractivity contribution < 1.29 is 19.0 Å². The molecule has 20 heavy (non-hydrogen) atoms. The maximum atomic E-state index is 12.9. The van der Waals surface area contributed by atoms with Crippen molar-refractivity contribution in [3.8, 4) is 5.75 Å². The number of amides is 1. The molecule has 0 saturated carbocycles. The van der Waals surface area contributed by atoms with Gasteiger partial charge in [0, 0.05) is 6.54 Å². The molecule has 0 aliphatic heterocycles. The van der Waals surface area contributed by atoms with Crippen molar-refractivity contribution in [1.82, 2.24) is 5.32 Å². The van der Waals surface area contributed by atoms with Crippen molar-refractivity contribution in [1.29, 1.82) is 0 Å². The number of nitrogens with one attached hydrogen (secondary N) is 1. The summed E-state index contributed by atoms with van der Waals surface area (Å²) in [5.74, 6) is 0.0483. The molecule has 0 saturated heterocycles. The summed E-state index contributed by atoms with van der Waals surface area (Å²) in [4.78, 5) is 11.5. The molecule has 0 radical (unpaired) electrons. The highest BCUT2D eigenvalue weighted by atomic mass is 79.9. The van der Waals surface area contributed by atoms with Crippen LogP contribution < -0.4 is 10.1 Å². The summed E-state index contributed by atoms with van der Waals surface area (Å²) in [6, 6.07) is 3.96. The van der Waals surface area contributed by atoms with Crippen molar-refractivity contribution in [2.45, 2.75) is 26.4 Å². The first-order valence-electron chi connectivity index (χ1n) is 6.41. The molecule has 2 N–H and O–H groups in total. The summed E-state index contributed by atoms with van der Waals surface area (Å²) in [6.07, 6.45) is 0.0708. The summed E-state index contributed by atoms with van der Waals surface area (Å²) in [6.45, 7) is 4.02. The molecule has 112 valence electrons. The number of ether oxygens (including phenoxy) is 1. The van der Waals surface area contributed by atoms with Gasteiger partial charge in [0.05, 0.1) is 10.6 Å². The molecule has 1 aromatic carbocycles. The third-order valence-electron chi connectivity index (χ3n) is 2.53. The molecule has 1 rings (SSSR count). The SMILES string of the molecule is CC(C)CC(O)CNC(=O)COc1ccc(F)cc1Br. The predicted octanol–water partition coefficient (Wildman–Crippen LogP) is 2.49. The standard InChI is InChI=1S/C14H19BrFNO3/c1-9(2)5-11(18)7-17-14(19)8-20-13-4-3-10(16)6-12(13)15/h3-4,6,9,11,18H,5,7-8H2,1-2H3,(H,17,19). The van der Waals surface area contributed by atoms with Gasteiger partial charge >= 0.3 is 0 Å². The van der Waals surface area contributed by atoms with Crippen LogP contribution in [0.25, 0.3) is 0 Å². The average Bonchev–Trinajstić information content (AvgIpc) is 2.34. The van der Waals surface area contributed by atoms with Crippen LogP contribution >= 0.6 is 15.9 Å². The molecular weight excluding hydrogens is 329 g/mol. The van der Waals surface area contributed by atoms with Crippen molar-refractivity contribution in [3.63, 3.8) is 0 Å². The van der Waals surface area contributed by atoms with Crippen molar-refractivity contribution in [2.75, 3.05) is 13.2 Å². The van der Waals surface area contributed by atoms with Gasteiger partial charge in [-0.2, -0.15) is 0 Å². The monoisotopic (exact) mass is 347 g/mol. The Kier molecular flexibility index (Phi) is 6.95. The van der Waals surface area contributed by atoms with E-state index in [2.05, 4.69) is 21.2 Å². The number of rotatable bonds is 7. The number of halogens is 2. The van der Waals surface area contributed by atoms with Gasteiger partial charge < -0.3 is 15.2 Å². The lowest BCUT2D eigenvalue weighted by Crippen LogP contribution is -2.35. The van der Waals surface area contributed by atoms with E-state index in [0.717, 1.165) is 0 Å². The van der Waals surface area contributed by atoms with E-state index in [-0.39, 0.29) is 24.9 Å². The number of aliphatic hydroxyl groups is 1. The maximum Gasteiger partial charge on any atom is 0.258 e. The van der Waals surface area contributed by atoms with Crippen LogP contribution in [0.3, 0.4) is 0 Å². The Hall–Kier alpha value is -1.14. The molecule has 0 heterocycles. The number of carbonyl (C=O) groups excluding carboxylic acids is 1. The Morgan fingerprint density at radius 2 is 2.20 bits per heavy atom. The summed E-state index contributed by atoms with van der Waals surface area (Å²) >= 11 is 3.15. The van der Waals surface area contributed by atoms with Crippen LogP contribution in [0.1, 0.15) is 20.3 Å². The molecule has 0 spiro atoms. The lowest BCUT2D eigenvalue weighted by Gasteiger charge is -2.14. The smallest absolute Gasteiger partial charge is 0.258 e. The Labute approximate surface area is 126 Å². The Morgan fingerprint density at radius 1 is 1.50 bits per heavy atom. The molecule has 0 fully saturated rings. The number of benzene rings is 1. The third-order valence-corrected chi connectivity index (χ3v) is 3.15. The number of aliphatic hydroxyl groups excluding tert-OH is 1. The number of hydrogen-bond donors (Lipinski definition) is 2. The van der Waals surface area contributed by atoms with Gasteiger partial charge in [-0.3, -0.25) is 4.79 Å². The second kappa shape index (κ2) is 8.21. The van der Waals surface area contributed by atoms with E-state index in [4.69, 9.17) is 4.74 Å². The first-order valence-corrected chi connectivity index (χ1v) is 7.20. The quantitative estimate of drug-likeness (QED) is 0.796. The van der Waals surface area contributed by atoms with Crippen molar-refractivity contribution in [3.05, 3.63) is 28.5 Å². The van der Waals surface area contributed by atoms with E-state index in [1.807, 2.05) is 13.8 Å². The molecular formula is C14H19BrFNO3. The minimum atomic E-state index is -0.559. The molecule has 1 aromatic rings. The Bertz CT molecular complexity index is 454. The molecule has 0 aliphatic rings. The molecule has 1 unspecified atom stereocenters. The Balaban J connectivity index is 2.33. The van der Waals surface area contributed by atoms with Gasteiger partial charge in [0.2, 0.25) is 0 Å². The molecule has 0 aliphatic carbocycles. The van der Waals surface area contributed by atoms with Crippen LogP contribution in [0.5, 0.6) is 5.75 Å². The zero-order chi connectivity index (χ0) is 15.1. The fourth-order valence-electron chi connectivity index (χ4n) is 1.65. The van der Waals surface area contributed by atoms with Crippen LogP contribution in [0, 0.1) is 11.7 Å². The zero-order valence-corrected chi connectivity index (χ0v) is 13.1. The highest BCUT2D eigenvalue weighted by Crippen LogP contribution is 2.25. The molecule has 0 bridgehead atoms. The molecule has 1 amide bonds. The minimum absolute atomic E-state index is 0.182. The van der Waals surface area contributed by atoms with Gasteiger partial charge in [0.1, 0.15) is 11.6 Å². The van der Waals surface area contributed by atoms with Gasteiger partial charge in [0.15, 0.2) is 6.61 Å². The van der Waals surface area contributed by atoms with Gasteiger partial charge in [-0.1, -0.05) is 13.8 Å². The number of carbonyl (C=O) groups is 1. The zero-order valence-electron chi connectivity index (χ0n) is 11.5.